The van der Waals surface area contributed by atoms with E-state index in [-0.39, 0.29) is 38.6 Å². The Morgan fingerprint density at radius 3 is 0.884 bits per heavy atom. The molecule has 0 aromatic heterocycles. The molecule has 43 heavy (non-hydrogen) atoms. The molecular weight excluding hydrogens is 759 g/mol. The van der Waals surface area contributed by atoms with Gasteiger partial charge in [-0.05, 0) is 51.4 Å². The molecular formula is C30H52F6O4P2Tb. The van der Waals surface area contributed by atoms with Gasteiger partial charge in [-0.25, -0.2) is 0 Å². The van der Waals surface area contributed by atoms with Crippen LogP contribution in [0.1, 0.15) is 135 Å². The SMILES string of the molecule is O=P(CP(=O)(C1CCCCC1)C1CCCCC1)(C1CCCCC1)C1CCCCC1.OC(CC(O)C(F)(F)F)C(F)(F)F.[Tb]. The maximum absolute atomic E-state index is 15.1. The molecule has 2 unspecified atom stereocenters. The predicted octanol–water partition coefficient (Wildman–Crippen LogP) is 10.2. The fourth-order valence-corrected chi connectivity index (χ4v) is 20.6. The number of aliphatic hydroxyl groups excluding tert-OH is 2. The number of hydrogen-bond acceptors (Lipinski definition) is 4. The van der Waals surface area contributed by atoms with Crippen molar-refractivity contribution in [2.24, 2.45) is 0 Å². The average Bonchev–Trinajstić information content (AvgIpc) is 2.98. The molecule has 0 amide bonds. The van der Waals surface area contributed by atoms with E-state index in [2.05, 4.69) is 0 Å². The van der Waals surface area contributed by atoms with Crippen molar-refractivity contribution in [2.45, 2.75) is 182 Å². The average molecular weight is 812 g/mol. The maximum Gasteiger partial charge on any atom is 0.414 e. The fraction of sp³-hybridized carbons (Fsp3) is 1.00. The molecule has 4 saturated carbocycles. The van der Waals surface area contributed by atoms with E-state index in [0.717, 1.165) is 0 Å². The van der Waals surface area contributed by atoms with Gasteiger partial charge in [0.1, 0.15) is 14.3 Å². The number of hydrogen-bond donors (Lipinski definition) is 2. The summed E-state index contributed by atoms with van der Waals surface area (Å²) >= 11 is 0. The van der Waals surface area contributed by atoms with E-state index >= 15 is 9.13 Å². The van der Waals surface area contributed by atoms with E-state index in [1.807, 2.05) is 0 Å². The fourth-order valence-electron chi connectivity index (χ4n) is 7.95. The number of halogens is 6. The molecule has 4 aliphatic rings. The van der Waals surface area contributed by atoms with Crippen LogP contribution >= 0.6 is 14.3 Å². The van der Waals surface area contributed by atoms with Crippen molar-refractivity contribution in [3.05, 3.63) is 0 Å². The van der Waals surface area contributed by atoms with Crippen LogP contribution in [0.3, 0.4) is 0 Å². The molecule has 0 spiro atoms. The second-order valence-electron chi connectivity index (χ2n) is 13.4. The van der Waals surface area contributed by atoms with Crippen LogP contribution < -0.4 is 0 Å². The van der Waals surface area contributed by atoms with Gasteiger partial charge >= 0.3 is 12.4 Å². The Kier molecular flexibility index (Phi) is 17.0. The summed E-state index contributed by atoms with van der Waals surface area (Å²) in [5.41, 5.74) is 1.67. The Morgan fingerprint density at radius 1 is 0.488 bits per heavy atom. The third kappa shape index (κ3) is 11.7. The van der Waals surface area contributed by atoms with E-state index in [4.69, 9.17) is 10.2 Å². The quantitative estimate of drug-likeness (QED) is 0.189. The van der Waals surface area contributed by atoms with Crippen molar-refractivity contribution in [3.63, 3.8) is 0 Å². The van der Waals surface area contributed by atoms with Crippen molar-refractivity contribution >= 4 is 14.3 Å². The normalized spacial score (nSPS) is 24.4. The van der Waals surface area contributed by atoms with Crippen LogP contribution in [0.5, 0.6) is 0 Å². The second kappa shape index (κ2) is 18.1. The second-order valence-corrected chi connectivity index (χ2v) is 20.8. The minimum absolute atomic E-state index is 0. The molecule has 4 rings (SSSR count). The van der Waals surface area contributed by atoms with Gasteiger partial charge in [0.25, 0.3) is 0 Å². The summed E-state index contributed by atoms with van der Waals surface area (Å²) in [6.45, 7) is 0. The number of alkyl halides is 6. The summed E-state index contributed by atoms with van der Waals surface area (Å²) in [5, 5.41) is 16.3. The molecule has 13 heteroatoms. The Labute approximate surface area is 284 Å². The molecule has 0 heterocycles. The Bertz CT molecular complexity index is 780. The Morgan fingerprint density at radius 2 is 0.698 bits per heavy atom. The number of aliphatic hydroxyl groups is 2. The van der Waals surface area contributed by atoms with Crippen LogP contribution in [0.4, 0.5) is 26.3 Å². The van der Waals surface area contributed by atoms with Crippen LogP contribution in [0.25, 0.3) is 0 Å². The topological polar surface area (TPSA) is 74.6 Å². The van der Waals surface area contributed by atoms with Gasteiger partial charge in [-0.3, -0.25) is 0 Å². The van der Waals surface area contributed by atoms with Gasteiger partial charge < -0.3 is 19.3 Å². The molecule has 4 fully saturated rings. The van der Waals surface area contributed by atoms with Crippen molar-refractivity contribution in [3.8, 4) is 0 Å². The first-order valence-corrected chi connectivity index (χ1v) is 20.4. The molecule has 0 aromatic carbocycles. The van der Waals surface area contributed by atoms with E-state index < -0.39 is 45.3 Å². The van der Waals surface area contributed by atoms with Gasteiger partial charge in [0.15, 0.2) is 12.2 Å². The monoisotopic (exact) mass is 811 g/mol. The summed E-state index contributed by atoms with van der Waals surface area (Å²) in [7, 11) is -4.78. The molecule has 1 radical (unpaired) electrons. The molecule has 4 aliphatic carbocycles. The minimum atomic E-state index is -5.15. The van der Waals surface area contributed by atoms with Crippen molar-refractivity contribution in [2.75, 3.05) is 5.90 Å². The van der Waals surface area contributed by atoms with Crippen molar-refractivity contribution < 1.29 is 84.3 Å². The third-order valence-electron chi connectivity index (χ3n) is 10.4. The van der Waals surface area contributed by atoms with Gasteiger partial charge in [0, 0.05) is 67.7 Å². The molecule has 0 bridgehead atoms. The minimum Gasteiger partial charge on any atom is -0.384 e. The van der Waals surface area contributed by atoms with Gasteiger partial charge in [-0.1, -0.05) is 77.0 Å². The molecule has 2 N–H and O–H groups in total. The smallest absolute Gasteiger partial charge is 0.384 e. The van der Waals surface area contributed by atoms with Gasteiger partial charge in [0.2, 0.25) is 0 Å². The van der Waals surface area contributed by atoms with Crippen molar-refractivity contribution in [1.29, 1.82) is 0 Å². The molecule has 0 saturated heterocycles. The summed E-state index contributed by atoms with van der Waals surface area (Å²) in [6, 6.07) is 0. The zero-order chi connectivity index (χ0) is 31.0. The predicted molar refractivity (Wildman–Crippen MR) is 156 cm³/mol. The van der Waals surface area contributed by atoms with Gasteiger partial charge in [-0.15, -0.1) is 0 Å². The van der Waals surface area contributed by atoms with E-state index in [9.17, 15) is 26.3 Å². The van der Waals surface area contributed by atoms with Crippen LogP contribution in [0.15, 0.2) is 0 Å². The largest absolute Gasteiger partial charge is 0.414 e. The van der Waals surface area contributed by atoms with Gasteiger partial charge in [0.05, 0.1) is 5.90 Å². The zero-order valence-corrected chi connectivity index (χ0v) is 29.2. The van der Waals surface area contributed by atoms with Crippen molar-refractivity contribution in [1.82, 2.24) is 0 Å². The summed E-state index contributed by atoms with van der Waals surface area (Å²) in [4.78, 5) is 0. The van der Waals surface area contributed by atoms with E-state index in [1.165, 1.54) is 128 Å². The standard InChI is InChI=1S/C25H46O2P2.C5H6F6O2.Tb/c26-28(22-13-5-1-6-14-22,23-15-7-2-8-16-23)21-29(27,24-17-9-3-10-18-24)25-19-11-4-12-20-25;6-4(7,8)2(12)1-3(13)5(9,10)11;/h22-25H,1-21H2;2-3,12-13H,1H2;. The zero-order valence-electron chi connectivity index (χ0n) is 25.2. The van der Waals surface area contributed by atoms with E-state index in [1.54, 1.807) is 0 Å². The molecule has 4 nitrogen and oxygen atoms in total. The summed E-state index contributed by atoms with van der Waals surface area (Å²) in [6.07, 6.45) is 6.33. The van der Waals surface area contributed by atoms with Crippen LogP contribution in [-0.4, -0.2) is 63.3 Å². The first-order valence-electron chi connectivity index (χ1n) is 16.3. The Balaban J connectivity index is 0.000000394. The first-order chi connectivity index (χ1) is 19.7. The van der Waals surface area contributed by atoms with Crippen LogP contribution in [0, 0.1) is 38.6 Å². The first kappa shape index (κ1) is 40.4. The maximum atomic E-state index is 15.1. The van der Waals surface area contributed by atoms with E-state index in [0.29, 0.717) is 28.5 Å². The number of rotatable bonds is 8. The molecule has 0 aromatic rings. The van der Waals surface area contributed by atoms with Crippen LogP contribution in [0.2, 0.25) is 0 Å². The van der Waals surface area contributed by atoms with Crippen LogP contribution in [-0.2, 0) is 9.13 Å². The third-order valence-corrected chi connectivity index (χ3v) is 21.0. The van der Waals surface area contributed by atoms with Gasteiger partial charge in [-0.2, -0.15) is 26.3 Å². The Hall–Kier alpha value is 1.25. The molecule has 257 valence electrons. The molecule has 0 aliphatic heterocycles. The summed E-state index contributed by atoms with van der Waals surface area (Å²) in [5.74, 6) is 0.699. The summed E-state index contributed by atoms with van der Waals surface area (Å²) < 4.78 is 98.9. The molecule has 2 atom stereocenters.